The Morgan fingerprint density at radius 2 is 1.56 bits per heavy atom. The molecule has 4 saturated heterocycles. The van der Waals surface area contributed by atoms with Gasteiger partial charge in [-0.3, -0.25) is 39.2 Å². The average Bonchev–Trinajstić information content (AvgIpc) is 3.76. The first kappa shape index (κ1) is 40.6. The zero-order valence-electron chi connectivity index (χ0n) is 34.2. The topological polar surface area (TPSA) is 247 Å². The van der Waals surface area contributed by atoms with E-state index in [1.807, 2.05) is 54.6 Å². The Balaban J connectivity index is 0.831. The van der Waals surface area contributed by atoms with Crippen molar-refractivity contribution in [3.8, 4) is 22.8 Å². The smallest absolute Gasteiger partial charge is 0.333 e. The molecule has 3 aromatic carbocycles. The molecule has 0 bridgehead atoms. The second-order valence-corrected chi connectivity index (χ2v) is 16.7. The maximum atomic E-state index is 13.4. The highest BCUT2D eigenvalue weighted by Gasteiger charge is 2.48. The maximum Gasteiger partial charge on any atom is 0.333 e. The molecule has 4 amide bonds. The summed E-state index contributed by atoms with van der Waals surface area (Å²) < 4.78 is 7.75. The number of para-hydroxylation sites is 1. The molecule has 10 rings (SSSR count). The van der Waals surface area contributed by atoms with E-state index in [0.717, 1.165) is 22.2 Å². The number of likely N-dealkylation sites (tertiary alicyclic amines) is 2. The largest absolute Gasteiger partial charge is 0.478 e. The lowest BCUT2D eigenvalue weighted by molar-refractivity contribution is -0.136. The van der Waals surface area contributed by atoms with Crippen molar-refractivity contribution in [3.63, 3.8) is 0 Å². The van der Waals surface area contributed by atoms with Gasteiger partial charge in [-0.2, -0.15) is 5.10 Å². The molecule has 0 saturated carbocycles. The van der Waals surface area contributed by atoms with Gasteiger partial charge in [-0.1, -0.05) is 18.2 Å². The molecule has 2 aromatic heterocycles. The zero-order chi connectivity index (χ0) is 44.4. The summed E-state index contributed by atoms with van der Waals surface area (Å²) in [4.78, 5) is 91.8. The van der Waals surface area contributed by atoms with Crippen LogP contribution in [-0.4, -0.2) is 137 Å². The molecule has 326 valence electrons. The van der Waals surface area contributed by atoms with Crippen LogP contribution in [0.5, 0.6) is 11.5 Å². The van der Waals surface area contributed by atoms with Gasteiger partial charge in [0, 0.05) is 74.6 Å². The number of ether oxygens (including phenoxy) is 1. The summed E-state index contributed by atoms with van der Waals surface area (Å²) in [5, 5.41) is 28.0. The number of carbonyl (C=O) groups excluding carboxylic acids is 4. The Bertz CT molecular complexity index is 2780. The number of aromatic nitrogens is 4. The van der Waals surface area contributed by atoms with Crippen LogP contribution in [0, 0.1) is 0 Å². The maximum absolute atomic E-state index is 13.4. The number of rotatable bonds is 11. The van der Waals surface area contributed by atoms with Crippen LogP contribution in [0.15, 0.2) is 90.8 Å². The molecule has 0 spiro atoms. The highest BCUT2D eigenvalue weighted by Crippen LogP contribution is 2.40. The third-order valence-corrected chi connectivity index (χ3v) is 13.0. The fourth-order valence-electron chi connectivity index (χ4n) is 9.67. The Kier molecular flexibility index (Phi) is 10.1. The fourth-order valence-corrected chi connectivity index (χ4v) is 9.67. The first-order chi connectivity index (χ1) is 30.9. The van der Waals surface area contributed by atoms with Crippen LogP contribution in [0.3, 0.4) is 0 Å². The molecule has 4 fully saturated rings. The second-order valence-electron chi connectivity index (χ2n) is 16.7. The van der Waals surface area contributed by atoms with Gasteiger partial charge in [0.25, 0.3) is 11.8 Å². The first-order valence-corrected chi connectivity index (χ1v) is 21.0. The normalized spacial score (nSPS) is 22.3. The molecule has 3 unspecified atom stereocenters. The van der Waals surface area contributed by atoms with Crippen molar-refractivity contribution >= 4 is 58.1 Å². The summed E-state index contributed by atoms with van der Waals surface area (Å²) in [6.45, 7) is 3.05. The predicted molar refractivity (Wildman–Crippen MR) is 228 cm³/mol. The van der Waals surface area contributed by atoms with E-state index in [0.29, 0.717) is 67.4 Å². The molecule has 64 heavy (non-hydrogen) atoms. The van der Waals surface area contributed by atoms with E-state index in [1.54, 1.807) is 22.9 Å². The molecule has 5 aliphatic heterocycles. The summed E-state index contributed by atoms with van der Waals surface area (Å²) in [6, 6.07) is 19.9. The molecule has 19 nitrogen and oxygen atoms in total. The number of hydrogen-bond donors (Lipinski definition) is 4. The monoisotopic (exact) mass is 866 g/mol. The number of fused-ring (bicyclic) bond motifs is 2. The first-order valence-electron chi connectivity index (χ1n) is 21.0. The number of aliphatic carboxylic acids is 2. The van der Waals surface area contributed by atoms with Crippen LogP contribution in [0.2, 0.25) is 0 Å². The summed E-state index contributed by atoms with van der Waals surface area (Å²) in [5.41, 5.74) is 9.22. The van der Waals surface area contributed by atoms with Crippen molar-refractivity contribution < 1.29 is 43.7 Å². The molecule has 0 aliphatic carbocycles. The summed E-state index contributed by atoms with van der Waals surface area (Å²) in [7, 11) is 0. The number of anilines is 2. The van der Waals surface area contributed by atoms with Crippen LogP contribution in [0.4, 0.5) is 11.5 Å². The molecule has 3 atom stereocenters. The second kappa shape index (κ2) is 16.0. The lowest BCUT2D eigenvalue weighted by atomic mass is 9.87. The Hall–Kier alpha value is -7.51. The van der Waals surface area contributed by atoms with Crippen molar-refractivity contribution in [2.24, 2.45) is 0 Å². The Morgan fingerprint density at radius 3 is 2.28 bits per heavy atom. The molecule has 19 heteroatoms. The van der Waals surface area contributed by atoms with Gasteiger partial charge in [-0.25, -0.2) is 24.2 Å². The van der Waals surface area contributed by atoms with Gasteiger partial charge < -0.3 is 25.6 Å². The van der Waals surface area contributed by atoms with E-state index >= 15 is 0 Å². The minimum Gasteiger partial charge on any atom is -0.478 e. The van der Waals surface area contributed by atoms with Gasteiger partial charge in [0.05, 0.1) is 28.1 Å². The van der Waals surface area contributed by atoms with Crippen molar-refractivity contribution in [2.75, 3.05) is 43.4 Å². The van der Waals surface area contributed by atoms with E-state index in [9.17, 15) is 39.0 Å². The van der Waals surface area contributed by atoms with Crippen molar-refractivity contribution in [3.05, 3.63) is 102 Å². The number of carboxylic acids is 2. The fraction of sp³-hybridized carbons (Fsp3) is 0.311. The van der Waals surface area contributed by atoms with Crippen LogP contribution >= 0.6 is 0 Å². The van der Waals surface area contributed by atoms with E-state index in [2.05, 4.69) is 30.0 Å². The predicted octanol–water partition coefficient (Wildman–Crippen LogP) is 2.94. The van der Waals surface area contributed by atoms with Crippen LogP contribution in [0.25, 0.3) is 22.3 Å². The number of amides is 4. The molecule has 7 heterocycles. The van der Waals surface area contributed by atoms with Gasteiger partial charge in [0.2, 0.25) is 11.8 Å². The van der Waals surface area contributed by atoms with E-state index in [4.69, 9.17) is 15.6 Å². The quantitative estimate of drug-likeness (QED) is 0.110. The summed E-state index contributed by atoms with van der Waals surface area (Å²) in [6.07, 6.45) is 3.10. The van der Waals surface area contributed by atoms with Crippen LogP contribution in [0.1, 0.15) is 52.4 Å². The van der Waals surface area contributed by atoms with Gasteiger partial charge >= 0.3 is 11.9 Å². The van der Waals surface area contributed by atoms with Gasteiger partial charge in [0.15, 0.2) is 5.65 Å². The Labute approximate surface area is 364 Å². The number of benzene rings is 3. The number of nitrogen functional groups attached to an aromatic ring is 1. The molecule has 5 aliphatic rings. The number of hydrogen-bond acceptors (Lipinski definition) is 14. The van der Waals surface area contributed by atoms with Gasteiger partial charge in [-0.15, -0.1) is 0 Å². The minimum atomic E-state index is -1.35. The van der Waals surface area contributed by atoms with Crippen LogP contribution < -0.4 is 20.7 Å². The van der Waals surface area contributed by atoms with Gasteiger partial charge in [0.1, 0.15) is 35.4 Å². The van der Waals surface area contributed by atoms with E-state index in [-0.39, 0.29) is 59.9 Å². The lowest BCUT2D eigenvalue weighted by Gasteiger charge is -2.56. The number of carboxylic acid groups (broad SMARTS) is 2. The molecule has 0 radical (unpaired) electrons. The average molecular weight is 867 g/mol. The lowest BCUT2D eigenvalue weighted by Crippen LogP contribution is -2.71. The number of nitrogens with zero attached hydrogens (tertiary/aromatic N) is 8. The van der Waals surface area contributed by atoms with Crippen molar-refractivity contribution in [2.45, 2.75) is 55.9 Å². The zero-order valence-corrected chi connectivity index (χ0v) is 34.2. The Morgan fingerprint density at radius 1 is 0.828 bits per heavy atom. The molecule has 5 N–H and O–H groups in total. The number of nitrogens with one attached hydrogen (secondary N) is 1. The minimum absolute atomic E-state index is 0.0406. The van der Waals surface area contributed by atoms with E-state index in [1.165, 1.54) is 6.33 Å². The summed E-state index contributed by atoms with van der Waals surface area (Å²) >= 11 is 0. The molecule has 5 aromatic rings. The van der Waals surface area contributed by atoms with Crippen LogP contribution in [-0.2, 0) is 19.2 Å². The third kappa shape index (κ3) is 7.17. The third-order valence-electron chi connectivity index (χ3n) is 13.0. The number of nitrogens with two attached hydrogens (primary N) is 1. The van der Waals surface area contributed by atoms with E-state index < -0.39 is 47.7 Å². The van der Waals surface area contributed by atoms with Gasteiger partial charge in [-0.05, 0) is 73.9 Å². The summed E-state index contributed by atoms with van der Waals surface area (Å²) in [5.74, 6) is -3.31. The van der Waals surface area contributed by atoms with Crippen molar-refractivity contribution in [1.29, 1.82) is 0 Å². The SMILES string of the molecule is Nc1ncnc2c1c(-c1ccc(Oc3ccccc3)cc1)nn2C1CCN(C2CN(C3CN(c4ccc5c(c4)C(=O)N(C4CCC(=O)NC4=O)C5=O)C3)C2)C(/C(=C/C(=O)O)C(=O)O)C1. The molecular weight excluding hydrogens is 825 g/mol. The van der Waals surface area contributed by atoms with Crippen molar-refractivity contribution in [1.82, 2.24) is 39.8 Å². The number of carbonyl (C=O) groups is 6. The standard InChI is InChI=1S/C45H42N10O9/c46-40-38-39(24-6-9-30(10-7-24)64-29-4-2-1-3-5-29)50-55(41(38)48-23-47-40)26-14-15-53(35(17-26)33(45(62)63)18-37(57)58)28-21-52(22-28)27-19-51(20-27)25-8-11-31-32(16-25)44(61)54(43(31)60)34-12-13-36(56)49-42(34)59/h1-11,16,18,23,26-28,34-35H,12-15,17,19-22H2,(H,57,58)(H,62,63)(H2,46,47,48)(H,49,56,59)/b33-18-. The molecular formula is C45H42N10O9. The highest BCUT2D eigenvalue weighted by atomic mass is 16.5. The highest BCUT2D eigenvalue weighted by molar-refractivity contribution is 6.23. The number of imide groups is 2. The number of piperidine rings is 2.